The molecule has 5 nitrogen and oxygen atoms in total. The normalized spacial score (nSPS) is 18.2. The van der Waals surface area contributed by atoms with E-state index in [1.54, 1.807) is 4.90 Å². The van der Waals surface area contributed by atoms with Gasteiger partial charge in [-0.25, -0.2) is 4.39 Å². The highest BCUT2D eigenvalue weighted by atomic mass is 19.4. The van der Waals surface area contributed by atoms with Gasteiger partial charge >= 0.3 is 6.18 Å². The largest absolute Gasteiger partial charge is 0.416 e. The third-order valence-electron chi connectivity index (χ3n) is 5.51. The lowest BCUT2D eigenvalue weighted by atomic mass is 9.88. The lowest BCUT2D eigenvalue weighted by Crippen LogP contribution is -2.39. The summed E-state index contributed by atoms with van der Waals surface area (Å²) in [4.78, 5) is 14.5. The van der Waals surface area contributed by atoms with Crippen LogP contribution in [-0.4, -0.2) is 40.6 Å². The van der Waals surface area contributed by atoms with E-state index in [1.807, 2.05) is 0 Å². The maximum atomic E-state index is 13.7. The summed E-state index contributed by atoms with van der Waals surface area (Å²) < 4.78 is 52.5. The van der Waals surface area contributed by atoms with Gasteiger partial charge in [-0.15, -0.1) is 0 Å². The number of carbonyl (C=O) groups is 1. The molecule has 2 aliphatic heterocycles. The first kappa shape index (κ1) is 18.9. The van der Waals surface area contributed by atoms with Gasteiger partial charge in [-0.1, -0.05) is 0 Å². The maximum Gasteiger partial charge on any atom is 0.416 e. The molecule has 1 amide bonds. The fourth-order valence-electron chi connectivity index (χ4n) is 4.00. The molecule has 0 atom stereocenters. The molecule has 0 radical (unpaired) electrons. The summed E-state index contributed by atoms with van der Waals surface area (Å²) in [6, 6.07) is 2.69. The highest BCUT2D eigenvalue weighted by Gasteiger charge is 2.33. The Kier molecular flexibility index (Phi) is 4.86. The number of fused-ring (bicyclic) bond motifs is 1. The Hall–Kier alpha value is -2.42. The molecule has 0 bridgehead atoms. The van der Waals surface area contributed by atoms with Crippen LogP contribution >= 0.6 is 0 Å². The zero-order valence-corrected chi connectivity index (χ0v) is 15.1. The molecule has 0 spiro atoms. The number of likely N-dealkylation sites (tertiary alicyclic amines) is 1. The van der Waals surface area contributed by atoms with Gasteiger partial charge in [-0.2, -0.15) is 18.3 Å². The van der Waals surface area contributed by atoms with Crippen molar-refractivity contribution in [3.8, 4) is 0 Å². The Bertz CT molecular complexity index is 885. The van der Waals surface area contributed by atoms with Crippen molar-refractivity contribution in [3.05, 3.63) is 52.1 Å². The smallest absolute Gasteiger partial charge is 0.337 e. The van der Waals surface area contributed by atoms with Crippen LogP contribution in [0.25, 0.3) is 0 Å². The van der Waals surface area contributed by atoms with Crippen molar-refractivity contribution in [1.29, 1.82) is 0 Å². The molecule has 1 aromatic heterocycles. The molecule has 3 heterocycles. The van der Waals surface area contributed by atoms with Gasteiger partial charge in [0, 0.05) is 25.2 Å². The molecule has 2 aromatic rings. The summed E-state index contributed by atoms with van der Waals surface area (Å²) in [5.74, 6) is -1.26. The highest BCUT2D eigenvalue weighted by molar-refractivity contribution is 5.94. The van der Waals surface area contributed by atoms with Crippen LogP contribution in [0.5, 0.6) is 0 Å². The van der Waals surface area contributed by atoms with E-state index < -0.39 is 17.6 Å². The lowest BCUT2D eigenvalue weighted by Gasteiger charge is -2.32. The zero-order valence-electron chi connectivity index (χ0n) is 15.1. The SMILES string of the molecule is O=C(c1n[nH]c2c1CCNC2)N1CCC(c2cc(F)cc(C(F)(F)F)c2)CC1. The molecule has 2 aliphatic rings. The quantitative estimate of drug-likeness (QED) is 0.767. The topological polar surface area (TPSA) is 61.0 Å². The number of nitrogens with one attached hydrogen (secondary N) is 2. The van der Waals surface area contributed by atoms with Gasteiger partial charge < -0.3 is 10.2 Å². The number of rotatable bonds is 2. The van der Waals surface area contributed by atoms with Crippen molar-refractivity contribution in [2.24, 2.45) is 0 Å². The third-order valence-corrected chi connectivity index (χ3v) is 5.51. The third kappa shape index (κ3) is 3.63. The molecule has 1 aromatic carbocycles. The van der Waals surface area contributed by atoms with Crippen molar-refractivity contribution in [2.75, 3.05) is 19.6 Å². The van der Waals surface area contributed by atoms with Crippen LogP contribution < -0.4 is 5.32 Å². The predicted octanol–water partition coefficient (Wildman–Crippen LogP) is 3.23. The Morgan fingerprint density at radius 2 is 1.93 bits per heavy atom. The molecule has 150 valence electrons. The number of hydrogen-bond donors (Lipinski definition) is 2. The number of H-pyrrole nitrogens is 1. The lowest BCUT2D eigenvalue weighted by molar-refractivity contribution is -0.137. The number of aromatic nitrogens is 2. The highest BCUT2D eigenvalue weighted by Crippen LogP contribution is 2.35. The van der Waals surface area contributed by atoms with E-state index in [0.29, 0.717) is 49.8 Å². The Morgan fingerprint density at radius 3 is 2.64 bits per heavy atom. The second-order valence-electron chi connectivity index (χ2n) is 7.29. The summed E-state index contributed by atoms with van der Waals surface area (Å²) in [7, 11) is 0. The van der Waals surface area contributed by atoms with Crippen LogP contribution in [0.1, 0.15) is 51.6 Å². The predicted molar refractivity (Wildman–Crippen MR) is 93.3 cm³/mol. The van der Waals surface area contributed by atoms with Crippen LogP contribution in [0.3, 0.4) is 0 Å². The van der Waals surface area contributed by atoms with Crippen LogP contribution in [0.15, 0.2) is 18.2 Å². The fraction of sp³-hybridized carbons (Fsp3) is 0.474. The van der Waals surface area contributed by atoms with Gasteiger partial charge in [0.15, 0.2) is 5.69 Å². The number of nitrogens with zero attached hydrogens (tertiary/aromatic N) is 2. The van der Waals surface area contributed by atoms with Gasteiger partial charge in [0.1, 0.15) is 5.82 Å². The van der Waals surface area contributed by atoms with E-state index in [-0.39, 0.29) is 11.8 Å². The average molecular weight is 396 g/mol. The standard InChI is InChI=1S/C19H20F4N4O/c20-14-8-12(7-13(9-14)19(21,22)23)11-2-5-27(6-3-11)18(28)17-15-1-4-24-10-16(15)25-26-17/h7-9,11,24H,1-6,10H2,(H,25,26). The number of aromatic amines is 1. The van der Waals surface area contributed by atoms with Gasteiger partial charge in [-0.05, 0) is 55.5 Å². The Balaban J connectivity index is 1.46. The van der Waals surface area contributed by atoms with E-state index in [1.165, 1.54) is 0 Å². The molecule has 2 N–H and O–H groups in total. The van der Waals surface area contributed by atoms with E-state index >= 15 is 0 Å². The molecule has 1 fully saturated rings. The summed E-state index contributed by atoms with van der Waals surface area (Å²) in [5.41, 5.74) is 1.65. The fourth-order valence-corrected chi connectivity index (χ4v) is 4.00. The number of alkyl halides is 3. The van der Waals surface area contributed by atoms with E-state index in [4.69, 9.17) is 0 Å². The van der Waals surface area contributed by atoms with Crippen LogP contribution in [-0.2, 0) is 19.1 Å². The first-order valence-electron chi connectivity index (χ1n) is 9.26. The molecular weight excluding hydrogens is 376 g/mol. The monoisotopic (exact) mass is 396 g/mol. The van der Waals surface area contributed by atoms with E-state index in [2.05, 4.69) is 15.5 Å². The first-order valence-corrected chi connectivity index (χ1v) is 9.26. The van der Waals surface area contributed by atoms with Crippen LogP contribution in [0.2, 0.25) is 0 Å². The van der Waals surface area contributed by atoms with E-state index in [0.717, 1.165) is 36.4 Å². The van der Waals surface area contributed by atoms with E-state index in [9.17, 15) is 22.4 Å². The first-order chi connectivity index (χ1) is 13.3. The molecule has 9 heteroatoms. The second-order valence-corrected chi connectivity index (χ2v) is 7.29. The summed E-state index contributed by atoms with van der Waals surface area (Å²) in [5, 5.41) is 10.3. The zero-order chi connectivity index (χ0) is 19.9. The number of amides is 1. The number of piperidine rings is 1. The van der Waals surface area contributed by atoms with Gasteiger partial charge in [-0.3, -0.25) is 9.89 Å². The molecular formula is C19H20F4N4O. The Morgan fingerprint density at radius 1 is 1.18 bits per heavy atom. The molecule has 0 saturated carbocycles. The molecule has 1 saturated heterocycles. The summed E-state index contributed by atoms with van der Waals surface area (Å²) >= 11 is 0. The molecule has 4 rings (SSSR count). The molecule has 28 heavy (non-hydrogen) atoms. The van der Waals surface area contributed by atoms with Gasteiger partial charge in [0.2, 0.25) is 0 Å². The minimum atomic E-state index is -4.58. The second kappa shape index (κ2) is 7.20. The minimum absolute atomic E-state index is 0.159. The summed E-state index contributed by atoms with van der Waals surface area (Å²) in [6.45, 7) is 2.25. The number of halogens is 4. The van der Waals surface area contributed by atoms with Crippen molar-refractivity contribution >= 4 is 5.91 Å². The average Bonchev–Trinajstić information content (AvgIpc) is 3.10. The molecule has 0 unspecified atom stereocenters. The van der Waals surface area contributed by atoms with Gasteiger partial charge in [0.05, 0.1) is 11.3 Å². The van der Waals surface area contributed by atoms with Crippen molar-refractivity contribution < 1.29 is 22.4 Å². The van der Waals surface area contributed by atoms with Crippen LogP contribution in [0.4, 0.5) is 17.6 Å². The van der Waals surface area contributed by atoms with Gasteiger partial charge in [0.25, 0.3) is 5.91 Å². The van der Waals surface area contributed by atoms with Crippen molar-refractivity contribution in [3.63, 3.8) is 0 Å². The minimum Gasteiger partial charge on any atom is -0.337 e. The van der Waals surface area contributed by atoms with Crippen molar-refractivity contribution in [1.82, 2.24) is 20.4 Å². The van der Waals surface area contributed by atoms with Crippen LogP contribution in [0, 0.1) is 5.82 Å². The van der Waals surface area contributed by atoms with Crippen molar-refractivity contribution in [2.45, 2.75) is 37.9 Å². The number of hydrogen-bond acceptors (Lipinski definition) is 3. The number of benzene rings is 1. The summed E-state index contributed by atoms with van der Waals surface area (Å²) in [6.07, 6.45) is -2.88. The maximum absolute atomic E-state index is 13.7. The number of carbonyl (C=O) groups excluding carboxylic acids is 1. The molecule has 0 aliphatic carbocycles. The Labute approximate surface area is 159 Å².